The Kier molecular flexibility index (Phi) is 4.60. The minimum absolute atomic E-state index is 0.0749. The minimum Gasteiger partial charge on any atom is -0.392 e. The molecular formula is C12H19BrN2OS. The molecule has 3 atom stereocenters. The van der Waals surface area contributed by atoms with Crippen LogP contribution in [0.25, 0.3) is 0 Å². The third kappa shape index (κ3) is 3.29. The first-order valence-electron chi connectivity index (χ1n) is 6.01. The second-order valence-corrected chi connectivity index (χ2v) is 7.23. The first-order valence-corrected chi connectivity index (χ1v) is 7.62. The number of halogens is 1. The molecule has 0 saturated carbocycles. The lowest BCUT2D eigenvalue weighted by atomic mass is 10.0. The van der Waals surface area contributed by atoms with Crippen molar-refractivity contribution < 1.29 is 5.11 Å². The summed E-state index contributed by atoms with van der Waals surface area (Å²) in [7, 11) is 0. The van der Waals surface area contributed by atoms with Crippen molar-refractivity contribution in [3.05, 3.63) is 20.8 Å². The number of likely N-dealkylation sites (tertiary alicyclic amines) is 1. The molecular weight excluding hydrogens is 300 g/mol. The largest absolute Gasteiger partial charge is 0.392 e. The third-order valence-electron chi connectivity index (χ3n) is 3.20. The molecule has 3 N–H and O–H groups in total. The number of nitrogens with zero attached hydrogens (tertiary/aromatic N) is 1. The number of aliphatic hydroxyl groups excluding tert-OH is 1. The van der Waals surface area contributed by atoms with Crippen LogP contribution in [0.4, 0.5) is 0 Å². The molecule has 5 heteroatoms. The molecule has 2 rings (SSSR count). The fourth-order valence-corrected chi connectivity index (χ4v) is 4.17. The Bertz CT molecular complexity index is 369. The van der Waals surface area contributed by atoms with E-state index in [1.54, 1.807) is 11.3 Å². The second-order valence-electron chi connectivity index (χ2n) is 4.74. The van der Waals surface area contributed by atoms with Gasteiger partial charge in [0, 0.05) is 17.5 Å². The van der Waals surface area contributed by atoms with E-state index in [2.05, 4.69) is 33.0 Å². The van der Waals surface area contributed by atoms with Crippen LogP contribution in [0.3, 0.4) is 0 Å². The monoisotopic (exact) mass is 318 g/mol. The van der Waals surface area contributed by atoms with Gasteiger partial charge in [0.2, 0.25) is 0 Å². The Hall–Kier alpha value is 0.0600. The van der Waals surface area contributed by atoms with E-state index in [4.69, 9.17) is 5.73 Å². The SMILES string of the molecule is CC(N)C(c1ccc(Br)s1)N1CCCC(O)C1. The van der Waals surface area contributed by atoms with Crippen molar-refractivity contribution in [3.63, 3.8) is 0 Å². The molecule has 3 unspecified atom stereocenters. The van der Waals surface area contributed by atoms with Crippen LogP contribution in [0.15, 0.2) is 15.9 Å². The first kappa shape index (κ1) is 13.5. The number of β-amino-alcohol motifs (C(OH)–C–C–N with tert-alkyl or cyclic N) is 1. The number of rotatable bonds is 3. The second kappa shape index (κ2) is 5.80. The van der Waals surface area contributed by atoms with Crippen molar-refractivity contribution in [2.24, 2.45) is 5.73 Å². The molecule has 0 spiro atoms. The average molecular weight is 319 g/mol. The number of aliphatic hydroxyl groups is 1. The average Bonchev–Trinajstić information content (AvgIpc) is 2.64. The number of piperidine rings is 1. The van der Waals surface area contributed by atoms with Crippen LogP contribution in [0, 0.1) is 0 Å². The Morgan fingerprint density at radius 2 is 2.35 bits per heavy atom. The predicted molar refractivity (Wildman–Crippen MR) is 75.2 cm³/mol. The van der Waals surface area contributed by atoms with Crippen LogP contribution in [0.5, 0.6) is 0 Å². The van der Waals surface area contributed by atoms with Gasteiger partial charge in [-0.05, 0) is 54.4 Å². The van der Waals surface area contributed by atoms with E-state index in [0.717, 1.165) is 29.7 Å². The van der Waals surface area contributed by atoms with Crippen LogP contribution in [-0.2, 0) is 0 Å². The molecule has 3 nitrogen and oxygen atoms in total. The van der Waals surface area contributed by atoms with E-state index in [1.165, 1.54) is 4.88 Å². The van der Waals surface area contributed by atoms with Crippen molar-refractivity contribution in [1.82, 2.24) is 4.90 Å². The summed E-state index contributed by atoms with van der Waals surface area (Å²) in [6, 6.07) is 4.49. The van der Waals surface area contributed by atoms with E-state index in [0.29, 0.717) is 0 Å². The first-order chi connectivity index (χ1) is 8.08. The summed E-state index contributed by atoms with van der Waals surface area (Å²) in [5.74, 6) is 0. The van der Waals surface area contributed by atoms with E-state index in [9.17, 15) is 5.11 Å². The number of nitrogens with two attached hydrogens (primary N) is 1. The van der Waals surface area contributed by atoms with Crippen molar-refractivity contribution >= 4 is 27.3 Å². The standard InChI is InChI=1S/C12H19BrN2OS/c1-8(14)12(10-4-5-11(13)17-10)15-6-2-3-9(16)7-15/h4-5,8-9,12,16H,2-3,6-7,14H2,1H3. The van der Waals surface area contributed by atoms with Gasteiger partial charge in [-0.3, -0.25) is 4.90 Å². The van der Waals surface area contributed by atoms with Crippen molar-refractivity contribution in [1.29, 1.82) is 0 Å². The fraction of sp³-hybridized carbons (Fsp3) is 0.667. The number of hydrogen-bond acceptors (Lipinski definition) is 4. The normalized spacial score (nSPS) is 25.8. The van der Waals surface area contributed by atoms with Crippen LogP contribution < -0.4 is 5.73 Å². The molecule has 1 aromatic rings. The predicted octanol–water partition coefficient (Wildman–Crippen LogP) is 2.36. The van der Waals surface area contributed by atoms with Crippen LogP contribution in [0.1, 0.15) is 30.7 Å². The zero-order valence-corrected chi connectivity index (χ0v) is 12.4. The quantitative estimate of drug-likeness (QED) is 0.899. The maximum absolute atomic E-state index is 9.77. The van der Waals surface area contributed by atoms with Gasteiger partial charge in [-0.25, -0.2) is 0 Å². The molecule has 0 radical (unpaired) electrons. The Labute approximate surface area is 115 Å². The molecule has 1 aromatic heterocycles. The highest BCUT2D eigenvalue weighted by Crippen LogP contribution is 2.33. The molecule has 2 heterocycles. The van der Waals surface area contributed by atoms with E-state index in [1.807, 2.05) is 6.92 Å². The Balaban J connectivity index is 2.17. The van der Waals surface area contributed by atoms with Gasteiger partial charge in [0.1, 0.15) is 0 Å². The lowest BCUT2D eigenvalue weighted by Gasteiger charge is -2.38. The van der Waals surface area contributed by atoms with Crippen molar-refractivity contribution in [3.8, 4) is 0 Å². The summed E-state index contributed by atoms with van der Waals surface area (Å²) in [4.78, 5) is 3.60. The van der Waals surface area contributed by atoms with E-state index in [-0.39, 0.29) is 18.2 Å². The molecule has 1 saturated heterocycles. The molecule has 17 heavy (non-hydrogen) atoms. The lowest BCUT2D eigenvalue weighted by Crippen LogP contribution is -2.45. The molecule has 0 aromatic carbocycles. The zero-order chi connectivity index (χ0) is 12.4. The molecule has 1 fully saturated rings. The number of thiophene rings is 1. The molecule has 1 aliphatic rings. The molecule has 1 aliphatic heterocycles. The van der Waals surface area contributed by atoms with Crippen molar-refractivity contribution in [2.75, 3.05) is 13.1 Å². The van der Waals surface area contributed by atoms with Gasteiger partial charge in [0.25, 0.3) is 0 Å². The van der Waals surface area contributed by atoms with Crippen molar-refractivity contribution in [2.45, 2.75) is 38.0 Å². The minimum atomic E-state index is -0.201. The van der Waals surface area contributed by atoms with Gasteiger partial charge in [-0.15, -0.1) is 11.3 Å². The van der Waals surface area contributed by atoms with E-state index < -0.39 is 0 Å². The van der Waals surface area contributed by atoms with Crippen LogP contribution in [0.2, 0.25) is 0 Å². The summed E-state index contributed by atoms with van der Waals surface area (Å²) in [6.07, 6.45) is 1.76. The van der Waals surface area contributed by atoms with Crippen LogP contribution >= 0.6 is 27.3 Å². The highest BCUT2D eigenvalue weighted by Gasteiger charge is 2.29. The van der Waals surface area contributed by atoms with Gasteiger partial charge in [0.15, 0.2) is 0 Å². The fourth-order valence-electron chi connectivity index (χ4n) is 2.49. The smallest absolute Gasteiger partial charge is 0.0702 e. The van der Waals surface area contributed by atoms with E-state index >= 15 is 0 Å². The summed E-state index contributed by atoms with van der Waals surface area (Å²) in [6.45, 7) is 3.81. The Morgan fingerprint density at radius 3 is 2.88 bits per heavy atom. The zero-order valence-electron chi connectivity index (χ0n) is 9.97. The third-order valence-corrected chi connectivity index (χ3v) is 4.90. The maximum Gasteiger partial charge on any atom is 0.0702 e. The summed E-state index contributed by atoms with van der Waals surface area (Å²) in [5.41, 5.74) is 6.12. The maximum atomic E-state index is 9.77. The van der Waals surface area contributed by atoms with Gasteiger partial charge in [-0.2, -0.15) is 0 Å². The molecule has 0 amide bonds. The van der Waals surface area contributed by atoms with Gasteiger partial charge < -0.3 is 10.8 Å². The Morgan fingerprint density at radius 1 is 1.59 bits per heavy atom. The summed E-state index contributed by atoms with van der Waals surface area (Å²) in [5, 5.41) is 9.77. The molecule has 0 bridgehead atoms. The molecule has 0 aliphatic carbocycles. The number of hydrogen-bond donors (Lipinski definition) is 2. The molecule has 96 valence electrons. The van der Waals surface area contributed by atoms with Crippen LogP contribution in [-0.4, -0.2) is 35.2 Å². The van der Waals surface area contributed by atoms with Gasteiger partial charge in [-0.1, -0.05) is 0 Å². The van der Waals surface area contributed by atoms with Gasteiger partial charge >= 0.3 is 0 Å². The highest BCUT2D eigenvalue weighted by atomic mass is 79.9. The summed E-state index contributed by atoms with van der Waals surface area (Å²) >= 11 is 5.23. The highest BCUT2D eigenvalue weighted by molar-refractivity contribution is 9.11. The summed E-state index contributed by atoms with van der Waals surface area (Å²) < 4.78 is 1.13. The topological polar surface area (TPSA) is 49.5 Å². The van der Waals surface area contributed by atoms with Gasteiger partial charge in [0.05, 0.1) is 15.9 Å². The lowest BCUT2D eigenvalue weighted by molar-refractivity contribution is 0.0414.